The zero-order chi connectivity index (χ0) is 21.4. The SMILES string of the molecule is CC1CN(c2nc(Nc3ccc4[nH]ncc4c3)cc(-c3cccc(O)c3)n2)CC(C)O1. The Morgan fingerprint density at radius 1 is 1.06 bits per heavy atom. The van der Waals surface area contributed by atoms with Crippen molar-refractivity contribution < 1.29 is 9.84 Å². The van der Waals surface area contributed by atoms with Gasteiger partial charge in [-0.2, -0.15) is 10.1 Å². The number of phenolic OH excluding ortho intramolecular Hbond substituents is 1. The quantitative estimate of drug-likeness (QED) is 0.461. The van der Waals surface area contributed by atoms with E-state index in [1.165, 1.54) is 0 Å². The van der Waals surface area contributed by atoms with E-state index in [9.17, 15) is 5.11 Å². The van der Waals surface area contributed by atoms with Gasteiger partial charge in [0, 0.05) is 35.8 Å². The van der Waals surface area contributed by atoms with Crippen molar-refractivity contribution in [2.75, 3.05) is 23.3 Å². The van der Waals surface area contributed by atoms with Crippen molar-refractivity contribution in [1.82, 2.24) is 20.2 Å². The molecule has 8 nitrogen and oxygen atoms in total. The van der Waals surface area contributed by atoms with Gasteiger partial charge >= 0.3 is 0 Å². The van der Waals surface area contributed by atoms with Gasteiger partial charge in [0.05, 0.1) is 29.6 Å². The van der Waals surface area contributed by atoms with E-state index in [0.717, 1.165) is 27.8 Å². The summed E-state index contributed by atoms with van der Waals surface area (Å²) in [5.74, 6) is 1.51. The molecule has 2 aromatic heterocycles. The summed E-state index contributed by atoms with van der Waals surface area (Å²) in [4.78, 5) is 11.8. The van der Waals surface area contributed by atoms with Gasteiger partial charge in [-0.3, -0.25) is 5.10 Å². The zero-order valence-corrected chi connectivity index (χ0v) is 17.4. The molecule has 0 aliphatic carbocycles. The van der Waals surface area contributed by atoms with E-state index >= 15 is 0 Å². The first kappa shape index (κ1) is 19.3. The average molecular weight is 416 g/mol. The topological polar surface area (TPSA) is 99.2 Å². The van der Waals surface area contributed by atoms with E-state index in [4.69, 9.17) is 14.7 Å². The van der Waals surface area contributed by atoms with Crippen molar-refractivity contribution in [1.29, 1.82) is 0 Å². The van der Waals surface area contributed by atoms with Gasteiger partial charge in [0.2, 0.25) is 5.95 Å². The van der Waals surface area contributed by atoms with E-state index in [0.29, 0.717) is 24.9 Å². The molecule has 0 radical (unpaired) electrons. The van der Waals surface area contributed by atoms with Crippen molar-refractivity contribution in [3.63, 3.8) is 0 Å². The Kier molecular flexibility index (Phi) is 4.91. The van der Waals surface area contributed by atoms with Crippen LogP contribution in [0.3, 0.4) is 0 Å². The molecule has 0 bridgehead atoms. The molecule has 158 valence electrons. The summed E-state index contributed by atoms with van der Waals surface area (Å²) < 4.78 is 5.87. The van der Waals surface area contributed by atoms with Gasteiger partial charge in [-0.05, 0) is 44.2 Å². The summed E-state index contributed by atoms with van der Waals surface area (Å²) in [6, 6.07) is 15.0. The van der Waals surface area contributed by atoms with Crippen LogP contribution in [0.15, 0.2) is 54.7 Å². The fraction of sp³-hybridized carbons (Fsp3) is 0.261. The van der Waals surface area contributed by atoms with Gasteiger partial charge in [-0.25, -0.2) is 4.98 Å². The highest BCUT2D eigenvalue weighted by Gasteiger charge is 2.25. The van der Waals surface area contributed by atoms with Crippen LogP contribution in [0.25, 0.3) is 22.2 Å². The molecule has 1 fully saturated rings. The van der Waals surface area contributed by atoms with Gasteiger partial charge in [-0.15, -0.1) is 0 Å². The minimum atomic E-state index is 0.0942. The van der Waals surface area contributed by atoms with E-state index in [-0.39, 0.29) is 18.0 Å². The molecule has 0 spiro atoms. The number of aromatic hydroxyl groups is 1. The largest absolute Gasteiger partial charge is 0.508 e. The third-order valence-corrected chi connectivity index (χ3v) is 5.27. The monoisotopic (exact) mass is 416 g/mol. The number of anilines is 3. The lowest BCUT2D eigenvalue weighted by Crippen LogP contribution is -2.46. The minimum absolute atomic E-state index is 0.0942. The molecular formula is C23H24N6O2. The lowest BCUT2D eigenvalue weighted by atomic mass is 10.1. The predicted octanol–water partition coefficient (Wildman–Crippen LogP) is 4.08. The fourth-order valence-corrected chi connectivity index (χ4v) is 3.96. The van der Waals surface area contributed by atoms with E-state index in [1.54, 1.807) is 18.3 Å². The maximum Gasteiger partial charge on any atom is 0.228 e. The van der Waals surface area contributed by atoms with Crippen LogP contribution in [0, 0.1) is 0 Å². The summed E-state index contributed by atoms with van der Waals surface area (Å²) in [5.41, 5.74) is 3.45. The highest BCUT2D eigenvalue weighted by atomic mass is 16.5. The number of aromatic nitrogens is 4. The Balaban J connectivity index is 1.55. The van der Waals surface area contributed by atoms with Crippen LogP contribution in [-0.2, 0) is 4.74 Å². The molecule has 5 rings (SSSR count). The summed E-state index contributed by atoms with van der Waals surface area (Å²) in [6.45, 7) is 5.55. The summed E-state index contributed by atoms with van der Waals surface area (Å²) >= 11 is 0. The molecule has 1 saturated heterocycles. The second kappa shape index (κ2) is 7.88. The molecule has 3 heterocycles. The third-order valence-electron chi connectivity index (χ3n) is 5.27. The number of ether oxygens (including phenoxy) is 1. The Morgan fingerprint density at radius 3 is 2.71 bits per heavy atom. The van der Waals surface area contributed by atoms with Gasteiger partial charge < -0.3 is 20.1 Å². The number of hydrogen-bond donors (Lipinski definition) is 3. The number of morpholine rings is 1. The summed E-state index contributed by atoms with van der Waals surface area (Å²) in [6.07, 6.45) is 1.98. The van der Waals surface area contributed by atoms with Gasteiger partial charge in [0.1, 0.15) is 11.6 Å². The number of benzene rings is 2. The molecule has 2 atom stereocenters. The molecule has 0 saturated carbocycles. The number of rotatable bonds is 4. The van der Waals surface area contributed by atoms with Crippen LogP contribution >= 0.6 is 0 Å². The van der Waals surface area contributed by atoms with Crippen LogP contribution in [0.4, 0.5) is 17.5 Å². The minimum Gasteiger partial charge on any atom is -0.508 e. The Hall–Kier alpha value is -3.65. The molecule has 1 aliphatic heterocycles. The van der Waals surface area contributed by atoms with Gasteiger partial charge in [0.15, 0.2) is 0 Å². The maximum absolute atomic E-state index is 9.95. The fourth-order valence-electron chi connectivity index (χ4n) is 3.96. The van der Waals surface area contributed by atoms with Gasteiger partial charge in [-0.1, -0.05) is 12.1 Å². The van der Waals surface area contributed by atoms with Gasteiger partial charge in [0.25, 0.3) is 0 Å². The highest BCUT2D eigenvalue weighted by Crippen LogP contribution is 2.29. The van der Waals surface area contributed by atoms with Crippen molar-refractivity contribution in [2.24, 2.45) is 0 Å². The molecule has 3 N–H and O–H groups in total. The molecular weight excluding hydrogens is 392 g/mol. The van der Waals surface area contributed by atoms with Crippen molar-refractivity contribution in [3.8, 4) is 17.0 Å². The average Bonchev–Trinajstić information content (AvgIpc) is 3.21. The lowest BCUT2D eigenvalue weighted by molar-refractivity contribution is -0.00570. The first-order valence-corrected chi connectivity index (χ1v) is 10.3. The third kappa shape index (κ3) is 4.15. The lowest BCUT2D eigenvalue weighted by Gasteiger charge is -2.35. The summed E-state index contributed by atoms with van der Waals surface area (Å²) in [5, 5.41) is 21.4. The first-order chi connectivity index (χ1) is 15.0. The zero-order valence-electron chi connectivity index (χ0n) is 17.4. The molecule has 2 aromatic carbocycles. The van der Waals surface area contributed by atoms with Crippen LogP contribution in [0.2, 0.25) is 0 Å². The number of hydrogen-bond acceptors (Lipinski definition) is 7. The number of H-pyrrole nitrogens is 1. The number of phenols is 1. The Labute approximate surface area is 179 Å². The van der Waals surface area contributed by atoms with Crippen LogP contribution in [0.1, 0.15) is 13.8 Å². The molecule has 31 heavy (non-hydrogen) atoms. The Morgan fingerprint density at radius 2 is 1.90 bits per heavy atom. The van der Waals surface area contributed by atoms with Crippen molar-refractivity contribution in [2.45, 2.75) is 26.1 Å². The maximum atomic E-state index is 9.95. The van der Waals surface area contributed by atoms with Crippen molar-refractivity contribution >= 4 is 28.4 Å². The smallest absolute Gasteiger partial charge is 0.228 e. The predicted molar refractivity (Wildman–Crippen MR) is 121 cm³/mol. The standard InChI is InChI=1S/C23H24N6O2/c1-14-12-29(13-15(2)31-14)23-26-21(16-4-3-5-19(30)9-16)10-22(27-23)25-18-6-7-20-17(8-18)11-24-28-20/h3-11,14-15,30H,12-13H2,1-2H3,(H,24,28)(H,25,26,27). The number of nitrogens with zero attached hydrogens (tertiary/aromatic N) is 4. The number of nitrogens with one attached hydrogen (secondary N) is 2. The second-order valence-electron chi connectivity index (χ2n) is 7.95. The number of aromatic amines is 1. The molecule has 0 amide bonds. The van der Waals surface area contributed by atoms with E-state index < -0.39 is 0 Å². The van der Waals surface area contributed by atoms with Crippen LogP contribution in [0.5, 0.6) is 5.75 Å². The van der Waals surface area contributed by atoms with E-state index in [2.05, 4.69) is 34.3 Å². The molecule has 4 aromatic rings. The van der Waals surface area contributed by atoms with Crippen LogP contribution < -0.4 is 10.2 Å². The normalized spacial score (nSPS) is 19.0. The molecule has 1 aliphatic rings. The van der Waals surface area contributed by atoms with Crippen LogP contribution in [-0.4, -0.2) is 50.6 Å². The first-order valence-electron chi connectivity index (χ1n) is 10.3. The number of fused-ring (bicyclic) bond motifs is 1. The summed E-state index contributed by atoms with van der Waals surface area (Å²) in [7, 11) is 0. The molecule has 8 heteroatoms. The van der Waals surface area contributed by atoms with Crippen molar-refractivity contribution in [3.05, 3.63) is 54.7 Å². The Bertz CT molecular complexity index is 1210. The second-order valence-corrected chi connectivity index (χ2v) is 7.95. The highest BCUT2D eigenvalue weighted by molar-refractivity contribution is 5.83. The molecule has 2 unspecified atom stereocenters. The van der Waals surface area contributed by atoms with E-state index in [1.807, 2.05) is 36.4 Å².